The molecule has 3 nitrogen and oxygen atoms in total. The molecule has 1 rings (SSSR count). The van der Waals surface area contributed by atoms with Gasteiger partial charge in [-0.2, -0.15) is 0 Å². The minimum atomic E-state index is -0.0371. The molecule has 0 aliphatic rings. The van der Waals surface area contributed by atoms with Crippen LogP contribution < -0.4 is 5.73 Å². The van der Waals surface area contributed by atoms with Crippen molar-refractivity contribution in [3.63, 3.8) is 0 Å². The number of rotatable bonds is 3. The van der Waals surface area contributed by atoms with Crippen molar-refractivity contribution in [3.05, 3.63) is 23.0 Å². The molecule has 13 heavy (non-hydrogen) atoms. The summed E-state index contributed by atoms with van der Waals surface area (Å²) in [5.41, 5.74) is 9.46. The molecule has 0 saturated heterocycles. The topological polar surface area (TPSA) is 51.2 Å². The maximum absolute atomic E-state index is 8.78. The van der Waals surface area contributed by atoms with E-state index in [1.807, 2.05) is 7.05 Å². The van der Waals surface area contributed by atoms with Gasteiger partial charge in [-0.05, 0) is 31.9 Å². The number of aromatic nitrogens is 1. The summed E-state index contributed by atoms with van der Waals surface area (Å²) in [6, 6.07) is 2.06. The van der Waals surface area contributed by atoms with Crippen LogP contribution in [0.25, 0.3) is 0 Å². The molecule has 74 valence electrons. The van der Waals surface area contributed by atoms with Gasteiger partial charge < -0.3 is 15.4 Å². The Balaban J connectivity index is 2.94. The van der Waals surface area contributed by atoms with Gasteiger partial charge in [0.05, 0.1) is 0 Å². The summed E-state index contributed by atoms with van der Waals surface area (Å²) in [6.07, 6.45) is 0.629. The second-order valence-corrected chi connectivity index (χ2v) is 3.50. The monoisotopic (exact) mass is 182 g/mol. The molecule has 0 amide bonds. The van der Waals surface area contributed by atoms with Gasteiger partial charge in [0.1, 0.15) is 0 Å². The highest BCUT2D eigenvalue weighted by Gasteiger charge is 2.12. The maximum atomic E-state index is 8.78. The summed E-state index contributed by atoms with van der Waals surface area (Å²) in [4.78, 5) is 0. The Bertz CT molecular complexity index is 291. The van der Waals surface area contributed by atoms with E-state index in [1.165, 1.54) is 11.4 Å². The second kappa shape index (κ2) is 3.94. The molecular formula is C10H18N2O. The summed E-state index contributed by atoms with van der Waals surface area (Å²) in [5.74, 6) is 0. The van der Waals surface area contributed by atoms with Gasteiger partial charge in [0.15, 0.2) is 0 Å². The molecule has 0 spiro atoms. The molecule has 0 radical (unpaired) electrons. The number of aliphatic hydroxyl groups excluding tert-OH is 1. The average molecular weight is 182 g/mol. The van der Waals surface area contributed by atoms with Crippen molar-refractivity contribution in [2.75, 3.05) is 6.61 Å². The standard InChI is InChI=1S/C10H18N2O/c1-7-6-9(8(2)12(7)3)10(11)4-5-13/h6,10,13H,4-5,11H2,1-3H3/t10-/m1/s1. The van der Waals surface area contributed by atoms with Crippen LogP contribution in [-0.4, -0.2) is 16.3 Å². The van der Waals surface area contributed by atoms with Crippen molar-refractivity contribution in [1.29, 1.82) is 0 Å². The lowest BCUT2D eigenvalue weighted by Gasteiger charge is -2.09. The zero-order valence-electron chi connectivity index (χ0n) is 8.54. The zero-order chi connectivity index (χ0) is 10.0. The van der Waals surface area contributed by atoms with Crippen LogP contribution in [0, 0.1) is 13.8 Å². The van der Waals surface area contributed by atoms with Crippen LogP contribution >= 0.6 is 0 Å². The first-order valence-electron chi connectivity index (χ1n) is 4.57. The van der Waals surface area contributed by atoms with E-state index in [0.717, 1.165) is 5.56 Å². The predicted octanol–water partition coefficient (Wildman–Crippen LogP) is 1.02. The van der Waals surface area contributed by atoms with E-state index in [4.69, 9.17) is 10.8 Å². The Kier molecular flexibility index (Phi) is 3.12. The molecule has 1 aromatic rings. The molecule has 3 N–H and O–H groups in total. The fourth-order valence-corrected chi connectivity index (χ4v) is 1.55. The first-order valence-corrected chi connectivity index (χ1v) is 4.57. The SMILES string of the molecule is Cc1cc([C@H](N)CCO)c(C)n1C. The van der Waals surface area contributed by atoms with Gasteiger partial charge in [-0.1, -0.05) is 0 Å². The van der Waals surface area contributed by atoms with Crippen LogP contribution in [0.15, 0.2) is 6.07 Å². The molecule has 0 bridgehead atoms. The Morgan fingerprint density at radius 2 is 2.15 bits per heavy atom. The number of aliphatic hydroxyl groups is 1. The molecule has 0 aromatic carbocycles. The van der Waals surface area contributed by atoms with Crippen LogP contribution in [0.2, 0.25) is 0 Å². The van der Waals surface area contributed by atoms with Gasteiger partial charge in [-0.3, -0.25) is 0 Å². The number of nitrogens with two attached hydrogens (primary N) is 1. The minimum absolute atomic E-state index is 0.0371. The van der Waals surface area contributed by atoms with E-state index in [1.54, 1.807) is 0 Å². The Morgan fingerprint density at radius 1 is 1.54 bits per heavy atom. The third-order valence-corrected chi connectivity index (χ3v) is 2.65. The van der Waals surface area contributed by atoms with Crippen molar-refractivity contribution in [2.45, 2.75) is 26.3 Å². The fourth-order valence-electron chi connectivity index (χ4n) is 1.55. The lowest BCUT2D eigenvalue weighted by atomic mass is 10.1. The summed E-state index contributed by atoms with van der Waals surface area (Å²) in [7, 11) is 2.03. The van der Waals surface area contributed by atoms with E-state index < -0.39 is 0 Å². The van der Waals surface area contributed by atoms with Crippen molar-refractivity contribution in [2.24, 2.45) is 12.8 Å². The van der Waals surface area contributed by atoms with Gasteiger partial charge >= 0.3 is 0 Å². The van der Waals surface area contributed by atoms with Crippen LogP contribution in [0.4, 0.5) is 0 Å². The average Bonchev–Trinajstić information content (AvgIpc) is 2.33. The van der Waals surface area contributed by atoms with E-state index in [9.17, 15) is 0 Å². The number of hydrogen-bond donors (Lipinski definition) is 2. The van der Waals surface area contributed by atoms with Gasteiger partial charge in [0.25, 0.3) is 0 Å². The van der Waals surface area contributed by atoms with Crippen molar-refractivity contribution in [3.8, 4) is 0 Å². The Hall–Kier alpha value is -0.800. The van der Waals surface area contributed by atoms with Crippen molar-refractivity contribution < 1.29 is 5.11 Å². The third-order valence-electron chi connectivity index (χ3n) is 2.65. The molecule has 3 heteroatoms. The minimum Gasteiger partial charge on any atom is -0.396 e. The molecular weight excluding hydrogens is 164 g/mol. The second-order valence-electron chi connectivity index (χ2n) is 3.50. The molecule has 1 aromatic heterocycles. The molecule has 0 fully saturated rings. The molecule has 1 heterocycles. The molecule has 0 aliphatic carbocycles. The van der Waals surface area contributed by atoms with E-state index >= 15 is 0 Å². The van der Waals surface area contributed by atoms with Crippen LogP contribution in [0.3, 0.4) is 0 Å². The van der Waals surface area contributed by atoms with Crippen LogP contribution in [-0.2, 0) is 7.05 Å². The Morgan fingerprint density at radius 3 is 2.54 bits per heavy atom. The predicted molar refractivity (Wildman–Crippen MR) is 53.5 cm³/mol. The number of hydrogen-bond acceptors (Lipinski definition) is 2. The molecule has 1 atom stereocenters. The van der Waals surface area contributed by atoms with Crippen LogP contribution in [0.5, 0.6) is 0 Å². The summed E-state index contributed by atoms with van der Waals surface area (Å²) in [5, 5.41) is 8.78. The van der Waals surface area contributed by atoms with E-state index in [-0.39, 0.29) is 12.6 Å². The highest BCUT2D eigenvalue weighted by atomic mass is 16.3. The van der Waals surface area contributed by atoms with Crippen molar-refractivity contribution in [1.82, 2.24) is 4.57 Å². The van der Waals surface area contributed by atoms with E-state index in [2.05, 4.69) is 24.5 Å². The number of nitrogens with zero attached hydrogens (tertiary/aromatic N) is 1. The van der Waals surface area contributed by atoms with Crippen LogP contribution in [0.1, 0.15) is 29.4 Å². The highest BCUT2D eigenvalue weighted by molar-refractivity contribution is 5.29. The fraction of sp³-hybridized carbons (Fsp3) is 0.600. The normalized spacial score (nSPS) is 13.3. The summed E-state index contributed by atoms with van der Waals surface area (Å²) < 4.78 is 2.12. The lowest BCUT2D eigenvalue weighted by Crippen LogP contribution is -2.12. The lowest BCUT2D eigenvalue weighted by molar-refractivity contribution is 0.276. The summed E-state index contributed by atoms with van der Waals surface area (Å²) in [6.45, 7) is 4.26. The quantitative estimate of drug-likeness (QED) is 0.733. The van der Waals surface area contributed by atoms with Gasteiger partial charge in [0.2, 0.25) is 0 Å². The maximum Gasteiger partial charge on any atom is 0.0449 e. The van der Waals surface area contributed by atoms with Gasteiger partial charge in [-0.25, -0.2) is 0 Å². The van der Waals surface area contributed by atoms with Gasteiger partial charge in [0, 0.05) is 31.1 Å². The molecule has 0 unspecified atom stereocenters. The smallest absolute Gasteiger partial charge is 0.0449 e. The third kappa shape index (κ3) is 1.92. The zero-order valence-corrected chi connectivity index (χ0v) is 8.54. The largest absolute Gasteiger partial charge is 0.396 e. The number of aryl methyl sites for hydroxylation is 1. The van der Waals surface area contributed by atoms with Crippen molar-refractivity contribution >= 4 is 0 Å². The first-order chi connectivity index (χ1) is 6.07. The summed E-state index contributed by atoms with van der Waals surface area (Å²) >= 11 is 0. The molecule has 0 aliphatic heterocycles. The first kappa shape index (κ1) is 10.3. The van der Waals surface area contributed by atoms with E-state index in [0.29, 0.717) is 6.42 Å². The van der Waals surface area contributed by atoms with Gasteiger partial charge in [-0.15, -0.1) is 0 Å². The molecule has 0 saturated carbocycles. The highest BCUT2D eigenvalue weighted by Crippen LogP contribution is 2.21. The Labute approximate surface area is 79.2 Å².